The van der Waals surface area contributed by atoms with Gasteiger partial charge in [-0.25, -0.2) is 23.5 Å². The Morgan fingerprint density at radius 2 is 1.49 bits per heavy atom. The van der Waals surface area contributed by atoms with Crippen LogP contribution in [0.15, 0.2) is 24.3 Å². The fourth-order valence-electron chi connectivity index (χ4n) is 3.40. The van der Waals surface area contributed by atoms with Gasteiger partial charge in [-0.2, -0.15) is 13.2 Å². The fraction of sp³-hybridized carbons (Fsp3) is 0.455. The Morgan fingerprint density at radius 3 is 1.97 bits per heavy atom. The van der Waals surface area contributed by atoms with E-state index in [1.54, 1.807) is 0 Å². The second kappa shape index (κ2) is 11.8. The van der Waals surface area contributed by atoms with Gasteiger partial charge < -0.3 is 20.6 Å². The van der Waals surface area contributed by atoms with E-state index < -0.39 is 29.7 Å². The highest BCUT2D eigenvalue weighted by atomic mass is 19.4. The summed E-state index contributed by atoms with van der Waals surface area (Å²) in [6.07, 6.45) is -1.79. The molecule has 0 spiro atoms. The molecule has 8 nitrogen and oxygen atoms in total. The summed E-state index contributed by atoms with van der Waals surface area (Å²) in [7, 11) is 3.87. The van der Waals surface area contributed by atoms with E-state index in [0.717, 1.165) is 55.5 Å². The van der Waals surface area contributed by atoms with Gasteiger partial charge in [0.05, 0.1) is 0 Å². The lowest BCUT2D eigenvalue weighted by molar-refractivity contribution is -0.192. The van der Waals surface area contributed by atoms with Gasteiger partial charge in [0, 0.05) is 43.9 Å². The molecule has 0 unspecified atom stereocenters. The molecule has 1 fully saturated rings. The predicted octanol–water partition coefficient (Wildman–Crippen LogP) is 3.92. The molecule has 1 aromatic carbocycles. The molecule has 0 saturated heterocycles. The summed E-state index contributed by atoms with van der Waals surface area (Å²) in [5.41, 5.74) is 0.00502. The van der Waals surface area contributed by atoms with Crippen LogP contribution in [0.3, 0.4) is 0 Å². The number of carboxylic acids is 1. The Kier molecular flexibility index (Phi) is 9.32. The van der Waals surface area contributed by atoms with Crippen LogP contribution in [0.5, 0.6) is 0 Å². The monoisotopic (exact) mass is 503 g/mol. The molecule has 192 valence electrons. The van der Waals surface area contributed by atoms with E-state index in [1.165, 1.54) is 0 Å². The molecule has 1 aromatic heterocycles. The zero-order valence-corrected chi connectivity index (χ0v) is 19.3. The number of rotatable bonds is 5. The Labute approximate surface area is 198 Å². The SMILES string of the molecule is Cc1nc(NC2CCC(NC(=O)c3cc(F)cc(F)c3)CC2)cc(N(C)C)n1.O=C(O)C(F)(F)F. The van der Waals surface area contributed by atoms with Gasteiger partial charge >= 0.3 is 12.1 Å². The molecule has 1 aliphatic carbocycles. The third kappa shape index (κ3) is 8.98. The Morgan fingerprint density at radius 1 is 0.971 bits per heavy atom. The first-order chi connectivity index (χ1) is 16.2. The minimum Gasteiger partial charge on any atom is -0.475 e. The molecule has 3 rings (SSSR count). The van der Waals surface area contributed by atoms with Gasteiger partial charge in [0.25, 0.3) is 5.91 Å². The number of hydrogen-bond acceptors (Lipinski definition) is 6. The average molecular weight is 503 g/mol. The van der Waals surface area contributed by atoms with Crippen LogP contribution in [-0.2, 0) is 4.79 Å². The number of aliphatic carboxylic acids is 1. The number of carbonyl (C=O) groups excluding carboxylic acids is 1. The van der Waals surface area contributed by atoms with Crippen molar-refractivity contribution in [2.45, 2.75) is 50.9 Å². The van der Waals surface area contributed by atoms with E-state index in [0.29, 0.717) is 5.82 Å². The molecule has 0 bridgehead atoms. The number of hydrogen-bond donors (Lipinski definition) is 3. The van der Waals surface area contributed by atoms with Crippen molar-refractivity contribution in [1.82, 2.24) is 15.3 Å². The Bertz CT molecular complexity index is 1020. The third-order valence-corrected chi connectivity index (χ3v) is 5.06. The van der Waals surface area contributed by atoms with Crippen LogP contribution >= 0.6 is 0 Å². The first kappa shape index (κ1) is 27.7. The maximum absolute atomic E-state index is 13.3. The number of alkyl halides is 3. The van der Waals surface area contributed by atoms with Crippen LogP contribution in [0.1, 0.15) is 41.9 Å². The number of anilines is 2. The summed E-state index contributed by atoms with van der Waals surface area (Å²) in [6.45, 7) is 1.86. The lowest BCUT2D eigenvalue weighted by Crippen LogP contribution is -2.40. The van der Waals surface area contributed by atoms with Crippen molar-refractivity contribution in [2.75, 3.05) is 24.3 Å². The minimum absolute atomic E-state index is 0.00502. The summed E-state index contributed by atoms with van der Waals surface area (Å²) in [5, 5.41) is 13.4. The van der Waals surface area contributed by atoms with Gasteiger partial charge in [-0.05, 0) is 44.7 Å². The van der Waals surface area contributed by atoms with Crippen LogP contribution in [0.2, 0.25) is 0 Å². The zero-order valence-electron chi connectivity index (χ0n) is 19.3. The van der Waals surface area contributed by atoms with Gasteiger partial charge in [-0.1, -0.05) is 0 Å². The van der Waals surface area contributed by atoms with Gasteiger partial charge in [0.15, 0.2) is 0 Å². The lowest BCUT2D eigenvalue weighted by Gasteiger charge is -2.30. The maximum atomic E-state index is 13.3. The van der Waals surface area contributed by atoms with E-state index >= 15 is 0 Å². The van der Waals surface area contributed by atoms with E-state index in [9.17, 15) is 26.7 Å². The summed E-state index contributed by atoms with van der Waals surface area (Å²) < 4.78 is 58.3. The highest BCUT2D eigenvalue weighted by Crippen LogP contribution is 2.23. The molecule has 0 atom stereocenters. The van der Waals surface area contributed by atoms with Crippen LogP contribution < -0.4 is 15.5 Å². The number of nitrogens with one attached hydrogen (secondary N) is 2. The van der Waals surface area contributed by atoms with Gasteiger partial charge in [0.1, 0.15) is 29.1 Å². The lowest BCUT2D eigenvalue weighted by atomic mass is 9.91. The number of carbonyl (C=O) groups is 2. The number of amides is 1. The molecular formula is C22H26F5N5O3. The normalized spacial score (nSPS) is 17.6. The van der Waals surface area contributed by atoms with Gasteiger partial charge in [-0.15, -0.1) is 0 Å². The maximum Gasteiger partial charge on any atom is 0.490 e. The predicted molar refractivity (Wildman–Crippen MR) is 118 cm³/mol. The van der Waals surface area contributed by atoms with E-state index in [2.05, 4.69) is 20.6 Å². The van der Waals surface area contributed by atoms with E-state index in [4.69, 9.17) is 9.90 Å². The Hall–Kier alpha value is -3.51. The van der Waals surface area contributed by atoms with Crippen molar-refractivity contribution in [2.24, 2.45) is 0 Å². The molecule has 13 heteroatoms. The molecule has 1 amide bonds. The number of aromatic nitrogens is 2. The molecule has 0 radical (unpaired) electrons. The molecule has 3 N–H and O–H groups in total. The third-order valence-electron chi connectivity index (χ3n) is 5.06. The summed E-state index contributed by atoms with van der Waals surface area (Å²) in [6, 6.07) is 5.01. The van der Waals surface area contributed by atoms with Crippen LogP contribution in [0, 0.1) is 18.6 Å². The highest BCUT2D eigenvalue weighted by molar-refractivity contribution is 5.94. The minimum atomic E-state index is -5.08. The zero-order chi connectivity index (χ0) is 26.3. The van der Waals surface area contributed by atoms with Crippen LogP contribution in [0.25, 0.3) is 0 Å². The quantitative estimate of drug-likeness (QED) is 0.531. The Balaban J connectivity index is 0.000000540. The van der Waals surface area contributed by atoms with Crippen molar-refractivity contribution < 1.29 is 36.6 Å². The molecule has 1 aliphatic rings. The number of nitrogens with zero attached hydrogens (tertiary/aromatic N) is 3. The van der Waals surface area contributed by atoms with Crippen molar-refractivity contribution >= 4 is 23.5 Å². The average Bonchev–Trinajstić information content (AvgIpc) is 2.73. The molecular weight excluding hydrogens is 477 g/mol. The smallest absolute Gasteiger partial charge is 0.475 e. The highest BCUT2D eigenvalue weighted by Gasteiger charge is 2.38. The first-order valence-electron chi connectivity index (χ1n) is 10.6. The van der Waals surface area contributed by atoms with Crippen molar-refractivity contribution in [1.29, 1.82) is 0 Å². The largest absolute Gasteiger partial charge is 0.490 e. The summed E-state index contributed by atoms with van der Waals surface area (Å²) in [5.74, 6) is -2.37. The van der Waals surface area contributed by atoms with Crippen LogP contribution in [-0.4, -0.2) is 59.3 Å². The molecule has 2 aromatic rings. The summed E-state index contributed by atoms with van der Waals surface area (Å²) in [4.78, 5) is 31.9. The van der Waals surface area contributed by atoms with E-state index in [-0.39, 0.29) is 17.6 Å². The number of halogens is 5. The molecule has 1 saturated carbocycles. The first-order valence-corrected chi connectivity index (χ1v) is 10.6. The topological polar surface area (TPSA) is 107 Å². The van der Waals surface area contributed by atoms with E-state index in [1.807, 2.05) is 32.0 Å². The van der Waals surface area contributed by atoms with Crippen molar-refractivity contribution in [3.8, 4) is 0 Å². The van der Waals surface area contributed by atoms with Crippen molar-refractivity contribution in [3.05, 3.63) is 47.3 Å². The van der Waals surface area contributed by atoms with Gasteiger partial charge in [0.2, 0.25) is 0 Å². The van der Waals surface area contributed by atoms with Crippen molar-refractivity contribution in [3.63, 3.8) is 0 Å². The number of aryl methyl sites for hydroxylation is 1. The summed E-state index contributed by atoms with van der Waals surface area (Å²) >= 11 is 0. The standard InChI is InChI=1S/C20H25F2N5O.C2HF3O2/c1-12-23-18(11-19(24-12)27(2)3)25-16-4-6-17(7-5-16)26-20(28)13-8-14(21)10-15(22)9-13;3-2(4,5)1(6)7/h8-11,16-17H,4-7H2,1-3H3,(H,26,28)(H,23,24,25);(H,6,7). The molecule has 0 aliphatic heterocycles. The number of carboxylic acid groups (broad SMARTS) is 1. The van der Waals surface area contributed by atoms with Crippen LogP contribution in [0.4, 0.5) is 33.6 Å². The second-order valence-electron chi connectivity index (χ2n) is 8.18. The number of benzene rings is 1. The molecule has 35 heavy (non-hydrogen) atoms. The second-order valence-corrected chi connectivity index (χ2v) is 8.18. The fourth-order valence-corrected chi connectivity index (χ4v) is 3.40. The van der Waals surface area contributed by atoms with Gasteiger partial charge in [-0.3, -0.25) is 4.79 Å². The molecule has 1 heterocycles.